The second kappa shape index (κ2) is 3.14. The normalized spacial score (nSPS) is 10.1. The van der Waals surface area contributed by atoms with Crippen LogP contribution in [0.1, 0.15) is 0 Å². The number of rotatable bonds is 2. The number of aromatic nitrogens is 3. The predicted octanol–water partition coefficient (Wildman–Crippen LogP) is 1.05. The van der Waals surface area contributed by atoms with Crippen LogP contribution < -0.4 is 5.43 Å². The molecule has 0 radical (unpaired) electrons. The number of halogens is 2. The highest BCUT2D eigenvalue weighted by atomic mass is 79.9. The van der Waals surface area contributed by atoms with Crippen molar-refractivity contribution in [1.29, 1.82) is 0 Å². The van der Waals surface area contributed by atoms with Gasteiger partial charge in [0.05, 0.1) is 0 Å². The molecule has 0 aliphatic heterocycles. The van der Waals surface area contributed by atoms with Crippen molar-refractivity contribution in [1.82, 2.24) is 18.2 Å². The van der Waals surface area contributed by atoms with Crippen LogP contribution in [0, 0.1) is 0 Å². The van der Waals surface area contributed by atoms with Gasteiger partial charge in [-0.2, -0.15) is 10.1 Å². The zero-order chi connectivity index (χ0) is 6.69. The average Bonchev–Trinajstić information content (AvgIpc) is 2.15. The summed E-state index contributed by atoms with van der Waals surface area (Å²) < 4.78 is 1.40. The van der Waals surface area contributed by atoms with Gasteiger partial charge in [0.1, 0.15) is 6.33 Å². The van der Waals surface area contributed by atoms with Crippen LogP contribution in [-0.4, -0.2) is 18.2 Å². The van der Waals surface area contributed by atoms with E-state index >= 15 is 0 Å². The minimum absolute atomic E-state index is 0.559. The third-order valence-electron chi connectivity index (χ3n) is 0.605. The molecule has 9 heavy (non-hydrogen) atoms. The predicted molar refractivity (Wildman–Crippen MR) is 39.7 cm³/mol. The van der Waals surface area contributed by atoms with Crippen molar-refractivity contribution in [2.75, 3.05) is 5.43 Å². The van der Waals surface area contributed by atoms with Gasteiger partial charge in [-0.3, -0.25) is 5.43 Å². The summed E-state index contributed by atoms with van der Waals surface area (Å²) in [4.78, 5) is 3.78. The molecule has 0 aliphatic rings. The van der Waals surface area contributed by atoms with Gasteiger partial charge in [0.25, 0.3) is 0 Å². The molecule has 5 nitrogen and oxygen atoms in total. The number of H-pyrrole nitrogens is 1. The Morgan fingerprint density at radius 1 is 1.67 bits per heavy atom. The fraction of sp³-hybridized carbons (Fsp3) is 0. The van der Waals surface area contributed by atoms with E-state index in [4.69, 9.17) is 0 Å². The lowest BCUT2D eigenvalue weighted by atomic mass is 11.1. The Kier molecular flexibility index (Phi) is 2.43. The summed E-state index contributed by atoms with van der Waals surface area (Å²) in [6.07, 6.45) is 1.41. The summed E-state index contributed by atoms with van der Waals surface area (Å²) >= 11 is 6.09. The van der Waals surface area contributed by atoms with Crippen molar-refractivity contribution in [3.8, 4) is 0 Å². The Labute approximate surface area is 68.5 Å². The topological polar surface area (TPSA) is 56.8 Å². The molecular formula is C2H3Br2N5. The van der Waals surface area contributed by atoms with E-state index in [0.717, 1.165) is 0 Å². The molecule has 1 aromatic heterocycles. The Bertz CT molecular complexity index is 159. The maximum absolute atomic E-state index is 3.78. The van der Waals surface area contributed by atoms with Crippen molar-refractivity contribution in [2.24, 2.45) is 0 Å². The molecule has 0 spiro atoms. The fourth-order valence-corrected chi connectivity index (χ4v) is 0.675. The van der Waals surface area contributed by atoms with Crippen LogP contribution in [0.3, 0.4) is 0 Å². The number of nitrogens with one attached hydrogen (secondary N) is 2. The van der Waals surface area contributed by atoms with Gasteiger partial charge in [-0.05, 0) is 0 Å². The lowest BCUT2D eigenvalue weighted by molar-refractivity contribution is 0.924. The van der Waals surface area contributed by atoms with E-state index in [-0.39, 0.29) is 0 Å². The summed E-state index contributed by atoms with van der Waals surface area (Å²) in [6.45, 7) is 0. The Morgan fingerprint density at radius 2 is 2.44 bits per heavy atom. The van der Waals surface area contributed by atoms with Gasteiger partial charge in [-0.15, -0.1) is 0 Å². The first kappa shape index (κ1) is 6.97. The van der Waals surface area contributed by atoms with Gasteiger partial charge in [-0.1, -0.05) is 3.06 Å². The first-order valence-corrected chi connectivity index (χ1v) is 3.44. The zero-order valence-electron chi connectivity index (χ0n) is 4.17. The molecule has 0 aliphatic carbocycles. The van der Waals surface area contributed by atoms with E-state index in [1.807, 2.05) is 0 Å². The standard InChI is InChI=1S/C2H3Br2N5/c3-9(4)8-2-5-1-6-7-2/h1H,(H2,5,6,7,8). The van der Waals surface area contributed by atoms with Gasteiger partial charge in [0.2, 0.25) is 5.95 Å². The largest absolute Gasteiger partial charge is 0.267 e. The average molecular weight is 257 g/mol. The highest BCUT2D eigenvalue weighted by Gasteiger charge is 1.94. The van der Waals surface area contributed by atoms with Gasteiger partial charge in [-0.25, -0.2) is 5.10 Å². The monoisotopic (exact) mass is 255 g/mol. The van der Waals surface area contributed by atoms with Crippen molar-refractivity contribution >= 4 is 38.2 Å². The molecule has 0 bridgehead atoms. The molecule has 0 aromatic carbocycles. The number of hydrogen-bond donors (Lipinski definition) is 2. The molecule has 1 rings (SSSR count). The third-order valence-corrected chi connectivity index (χ3v) is 0.960. The molecule has 0 atom stereocenters. The molecule has 50 valence electrons. The van der Waals surface area contributed by atoms with Crippen LogP contribution in [0.2, 0.25) is 0 Å². The van der Waals surface area contributed by atoms with E-state index in [9.17, 15) is 0 Å². The summed E-state index contributed by atoms with van der Waals surface area (Å²) in [5.41, 5.74) is 2.72. The van der Waals surface area contributed by atoms with Crippen LogP contribution in [0.5, 0.6) is 0 Å². The lowest BCUT2D eigenvalue weighted by Gasteiger charge is -2.02. The van der Waals surface area contributed by atoms with Crippen LogP contribution in [0.25, 0.3) is 0 Å². The fourth-order valence-electron chi connectivity index (χ4n) is 0.339. The molecule has 0 saturated carbocycles. The number of nitrogens with zero attached hydrogens (tertiary/aromatic N) is 3. The highest BCUT2D eigenvalue weighted by molar-refractivity contribution is 9.21. The van der Waals surface area contributed by atoms with Crippen LogP contribution in [-0.2, 0) is 0 Å². The highest BCUT2D eigenvalue weighted by Crippen LogP contribution is 2.05. The zero-order valence-corrected chi connectivity index (χ0v) is 7.35. The molecule has 0 fully saturated rings. The van der Waals surface area contributed by atoms with Crippen molar-refractivity contribution < 1.29 is 0 Å². The molecule has 2 N–H and O–H groups in total. The number of aromatic amines is 1. The van der Waals surface area contributed by atoms with E-state index in [0.29, 0.717) is 5.95 Å². The minimum atomic E-state index is 0.559. The van der Waals surface area contributed by atoms with Gasteiger partial charge >= 0.3 is 0 Å². The molecule has 0 saturated heterocycles. The molecule has 1 aromatic rings. The maximum atomic E-state index is 3.78. The number of hydrazine groups is 1. The second-order valence-corrected chi connectivity index (χ2v) is 3.55. The summed E-state index contributed by atoms with van der Waals surface area (Å²) in [5, 5.41) is 6.20. The number of hydrogen-bond acceptors (Lipinski definition) is 4. The summed E-state index contributed by atoms with van der Waals surface area (Å²) in [6, 6.07) is 0. The third kappa shape index (κ3) is 2.29. The quantitative estimate of drug-likeness (QED) is 0.614. The van der Waals surface area contributed by atoms with E-state index < -0.39 is 0 Å². The van der Waals surface area contributed by atoms with E-state index in [2.05, 4.69) is 52.9 Å². The van der Waals surface area contributed by atoms with Gasteiger partial charge in [0, 0.05) is 32.3 Å². The van der Waals surface area contributed by atoms with Crippen LogP contribution in [0.4, 0.5) is 5.95 Å². The van der Waals surface area contributed by atoms with Crippen molar-refractivity contribution in [3.63, 3.8) is 0 Å². The van der Waals surface area contributed by atoms with Gasteiger partial charge in [0.15, 0.2) is 0 Å². The molecule has 0 unspecified atom stereocenters. The van der Waals surface area contributed by atoms with Gasteiger partial charge < -0.3 is 0 Å². The molecule has 1 heterocycles. The van der Waals surface area contributed by atoms with Crippen molar-refractivity contribution in [3.05, 3.63) is 6.33 Å². The summed E-state index contributed by atoms with van der Waals surface area (Å²) in [5.74, 6) is 0.559. The SMILES string of the molecule is BrN(Br)Nc1ncn[nH]1. The Balaban J connectivity index is 2.48. The first-order chi connectivity index (χ1) is 4.29. The lowest BCUT2D eigenvalue weighted by Crippen LogP contribution is -2.07. The van der Waals surface area contributed by atoms with E-state index in [1.54, 1.807) is 0 Å². The first-order valence-electron chi connectivity index (χ1n) is 2.03. The Hall–Kier alpha value is -0.140. The van der Waals surface area contributed by atoms with Crippen LogP contribution >= 0.6 is 32.3 Å². The smallest absolute Gasteiger partial charge is 0.234 e. The molecule has 0 amide bonds. The maximum Gasteiger partial charge on any atom is 0.234 e. The minimum Gasteiger partial charge on any atom is -0.267 e. The van der Waals surface area contributed by atoms with Crippen molar-refractivity contribution in [2.45, 2.75) is 0 Å². The van der Waals surface area contributed by atoms with E-state index in [1.165, 1.54) is 9.39 Å². The molecule has 7 heteroatoms. The number of anilines is 1. The summed E-state index contributed by atoms with van der Waals surface area (Å²) in [7, 11) is 0. The Morgan fingerprint density at radius 3 is 2.89 bits per heavy atom. The van der Waals surface area contributed by atoms with Crippen LogP contribution in [0.15, 0.2) is 6.33 Å². The second-order valence-electron chi connectivity index (χ2n) is 1.18. The molecular weight excluding hydrogens is 254 g/mol.